The maximum atomic E-state index is 12.7. The van der Waals surface area contributed by atoms with E-state index < -0.39 is 41.8 Å². The van der Waals surface area contributed by atoms with Gasteiger partial charge in [0.05, 0.1) is 18.3 Å². The van der Waals surface area contributed by atoms with E-state index in [-0.39, 0.29) is 30.6 Å². The summed E-state index contributed by atoms with van der Waals surface area (Å²) >= 11 is 0. The number of allylic oxidation sites excluding steroid dienone is 1. The molecule has 0 spiro atoms. The summed E-state index contributed by atoms with van der Waals surface area (Å²) < 4.78 is 5.79. The molecule has 7 heteroatoms. The largest absolute Gasteiger partial charge is 0.459 e. The smallest absolute Gasteiger partial charge is 0.330 e. The summed E-state index contributed by atoms with van der Waals surface area (Å²) in [4.78, 5) is 25.4. The highest BCUT2D eigenvalue weighted by Crippen LogP contribution is 2.24. The highest BCUT2D eigenvalue weighted by atomic mass is 16.5. The lowest BCUT2D eigenvalue weighted by atomic mass is 9.89. The Bertz CT molecular complexity index is 850. The molecule has 0 unspecified atom stereocenters. The Kier molecular flexibility index (Phi) is 13.0. The summed E-state index contributed by atoms with van der Waals surface area (Å²) in [5.74, 6) is -1.61. The summed E-state index contributed by atoms with van der Waals surface area (Å²) in [7, 11) is 0. The van der Waals surface area contributed by atoms with E-state index in [4.69, 9.17) is 4.74 Å². The van der Waals surface area contributed by atoms with Crippen molar-refractivity contribution >= 4 is 11.8 Å². The van der Waals surface area contributed by atoms with Gasteiger partial charge in [-0.05, 0) is 77.4 Å². The summed E-state index contributed by atoms with van der Waals surface area (Å²) in [6.45, 7) is 12.2. The molecule has 0 radical (unpaired) electrons. The van der Waals surface area contributed by atoms with Gasteiger partial charge < -0.3 is 25.2 Å². The van der Waals surface area contributed by atoms with E-state index >= 15 is 0 Å². The second-order valence-corrected chi connectivity index (χ2v) is 10.7. The monoisotopic (exact) mass is 506 g/mol. The molecule has 0 bridgehead atoms. The molecule has 1 rings (SSSR count). The minimum atomic E-state index is -1.72. The SMILES string of the molecule is C/C1=C\C(=O)[C@@](C)(O)/C=C/C[C@@H](C)[C@@H](C[C@@H](C)[C@H](C)O)OC(=O)/C=C(\C)[C@H](C)[C@@H](O)/C=C/C[C@H](O)C1. The second kappa shape index (κ2) is 14.6. The van der Waals surface area contributed by atoms with Crippen molar-refractivity contribution in [2.24, 2.45) is 17.8 Å². The van der Waals surface area contributed by atoms with E-state index in [0.717, 1.165) is 0 Å². The third kappa shape index (κ3) is 10.9. The molecule has 0 aromatic heterocycles. The number of hydrogen-bond donors (Lipinski definition) is 4. The predicted molar refractivity (Wildman–Crippen MR) is 141 cm³/mol. The van der Waals surface area contributed by atoms with Crippen LogP contribution in [-0.4, -0.2) is 62.2 Å². The minimum Gasteiger partial charge on any atom is -0.459 e. The van der Waals surface area contributed by atoms with Gasteiger partial charge in [-0.3, -0.25) is 4.79 Å². The Hall–Kier alpha value is -2.06. The number of hydrogen-bond acceptors (Lipinski definition) is 7. The summed E-state index contributed by atoms with van der Waals surface area (Å²) in [5.41, 5.74) is -0.411. The van der Waals surface area contributed by atoms with Crippen LogP contribution in [0, 0.1) is 17.8 Å². The number of aliphatic hydroxyl groups is 4. The van der Waals surface area contributed by atoms with Gasteiger partial charge in [-0.15, -0.1) is 0 Å². The molecule has 1 aliphatic heterocycles. The molecular weight excluding hydrogens is 460 g/mol. The van der Waals surface area contributed by atoms with Crippen molar-refractivity contribution in [3.63, 3.8) is 0 Å². The molecule has 0 fully saturated rings. The number of carbonyl (C=O) groups is 2. The predicted octanol–water partition coefficient (Wildman–Crippen LogP) is 3.81. The van der Waals surface area contributed by atoms with Crippen LogP contribution >= 0.6 is 0 Å². The van der Waals surface area contributed by atoms with Gasteiger partial charge >= 0.3 is 5.97 Å². The van der Waals surface area contributed by atoms with Crippen LogP contribution in [0.3, 0.4) is 0 Å². The molecule has 7 nitrogen and oxygen atoms in total. The van der Waals surface area contributed by atoms with Crippen LogP contribution in [0.25, 0.3) is 0 Å². The van der Waals surface area contributed by atoms with Gasteiger partial charge in [0.2, 0.25) is 0 Å². The summed E-state index contributed by atoms with van der Waals surface area (Å²) in [5, 5.41) is 41.5. The van der Waals surface area contributed by atoms with Crippen molar-refractivity contribution in [2.45, 2.75) is 104 Å². The van der Waals surface area contributed by atoms with Crippen molar-refractivity contribution in [2.75, 3.05) is 0 Å². The lowest BCUT2D eigenvalue weighted by Crippen LogP contribution is -2.32. The van der Waals surface area contributed by atoms with Crippen LogP contribution in [-0.2, 0) is 14.3 Å². The molecule has 0 amide bonds. The zero-order chi connectivity index (χ0) is 27.6. The third-order valence-corrected chi connectivity index (χ3v) is 7.03. The van der Waals surface area contributed by atoms with Crippen molar-refractivity contribution < 1.29 is 34.8 Å². The maximum absolute atomic E-state index is 12.7. The fraction of sp³-hybridized carbons (Fsp3) is 0.655. The number of cyclic esters (lactones) is 1. The van der Waals surface area contributed by atoms with Gasteiger partial charge in [0.25, 0.3) is 0 Å². The highest BCUT2D eigenvalue weighted by Gasteiger charge is 2.28. The van der Waals surface area contributed by atoms with Crippen LogP contribution in [0.2, 0.25) is 0 Å². The summed E-state index contributed by atoms with van der Waals surface area (Å²) in [6.07, 6.45) is 7.92. The van der Waals surface area contributed by atoms with E-state index in [2.05, 4.69) is 0 Å². The Labute approximate surface area is 216 Å². The van der Waals surface area contributed by atoms with E-state index in [9.17, 15) is 30.0 Å². The highest BCUT2D eigenvalue weighted by molar-refractivity contribution is 5.98. The average molecular weight is 507 g/mol. The molecule has 0 saturated carbocycles. The normalized spacial score (nSPS) is 38.5. The van der Waals surface area contributed by atoms with Gasteiger partial charge in [-0.2, -0.15) is 0 Å². The van der Waals surface area contributed by atoms with Gasteiger partial charge in [0.15, 0.2) is 5.78 Å². The number of esters is 1. The molecule has 0 aromatic carbocycles. The number of rotatable bonds is 3. The molecule has 36 heavy (non-hydrogen) atoms. The number of ketones is 1. The molecule has 0 aliphatic carbocycles. The minimum absolute atomic E-state index is 0.108. The van der Waals surface area contributed by atoms with Crippen LogP contribution in [0.1, 0.15) is 74.1 Å². The first kappa shape index (κ1) is 32.0. The van der Waals surface area contributed by atoms with E-state index in [1.165, 1.54) is 25.2 Å². The average Bonchev–Trinajstić information content (AvgIpc) is 2.76. The van der Waals surface area contributed by atoms with Gasteiger partial charge in [-0.25, -0.2) is 4.79 Å². The third-order valence-electron chi connectivity index (χ3n) is 7.03. The second-order valence-electron chi connectivity index (χ2n) is 10.7. The fourth-order valence-electron chi connectivity index (χ4n) is 3.90. The standard InChI is InChI=1S/C29H46O7/c1-18-14-24(31)11-8-12-25(32)22(5)20(3)17-28(34)36-26(16-21(4)23(6)30)19(2)10-9-13-29(7,35)27(33)15-18/h8-9,12-13,15,17,19,21-26,30-32,35H,10-11,14,16H2,1-7H3/b12-8+,13-9+,18-15+,20-17+/t19-,21-,22+,23+,24+,25+,26-,29+/m1/s1. The Morgan fingerprint density at radius 2 is 1.72 bits per heavy atom. The number of aliphatic hydroxyl groups excluding tert-OH is 3. The maximum Gasteiger partial charge on any atom is 0.330 e. The van der Waals surface area contributed by atoms with Crippen molar-refractivity contribution in [3.8, 4) is 0 Å². The van der Waals surface area contributed by atoms with Crippen LogP contribution in [0.5, 0.6) is 0 Å². The Morgan fingerprint density at radius 3 is 2.33 bits per heavy atom. The molecule has 1 heterocycles. The molecule has 0 aromatic rings. The van der Waals surface area contributed by atoms with Crippen molar-refractivity contribution in [1.29, 1.82) is 0 Å². The zero-order valence-corrected chi connectivity index (χ0v) is 22.8. The Balaban J connectivity index is 3.30. The Morgan fingerprint density at radius 1 is 1.08 bits per heavy atom. The first-order valence-corrected chi connectivity index (χ1v) is 12.8. The van der Waals surface area contributed by atoms with Crippen molar-refractivity contribution in [1.82, 2.24) is 0 Å². The van der Waals surface area contributed by atoms with Gasteiger partial charge in [0.1, 0.15) is 11.7 Å². The number of carbonyl (C=O) groups excluding carboxylic acids is 2. The van der Waals surface area contributed by atoms with Gasteiger partial charge in [-0.1, -0.05) is 50.1 Å². The van der Waals surface area contributed by atoms with E-state index in [0.29, 0.717) is 24.0 Å². The fourth-order valence-corrected chi connectivity index (χ4v) is 3.90. The molecule has 204 valence electrons. The zero-order valence-electron chi connectivity index (χ0n) is 22.8. The molecular formula is C29H46O7. The van der Waals surface area contributed by atoms with Crippen LogP contribution < -0.4 is 0 Å². The van der Waals surface area contributed by atoms with Crippen LogP contribution in [0.15, 0.2) is 47.6 Å². The molecule has 1 aliphatic rings. The lowest BCUT2D eigenvalue weighted by molar-refractivity contribution is -0.147. The molecule has 0 saturated heterocycles. The summed E-state index contributed by atoms with van der Waals surface area (Å²) in [6, 6.07) is 0. The first-order valence-electron chi connectivity index (χ1n) is 12.8. The quantitative estimate of drug-likeness (QED) is 0.339. The van der Waals surface area contributed by atoms with E-state index in [1.54, 1.807) is 45.9 Å². The topological polar surface area (TPSA) is 124 Å². The van der Waals surface area contributed by atoms with Gasteiger partial charge in [0, 0.05) is 12.0 Å². The van der Waals surface area contributed by atoms with Crippen LogP contribution in [0.4, 0.5) is 0 Å². The molecule has 4 N–H and O–H groups in total. The van der Waals surface area contributed by atoms with Crippen molar-refractivity contribution in [3.05, 3.63) is 47.6 Å². The number of ether oxygens (including phenoxy) is 1. The van der Waals surface area contributed by atoms with E-state index in [1.807, 2.05) is 13.8 Å². The molecule has 8 atom stereocenters. The lowest BCUT2D eigenvalue weighted by Gasteiger charge is -2.27. The first-order chi connectivity index (χ1) is 16.6.